The standard InChI is InChI=1S/C14H23F3N2O2/c15-14(16,17)12-3-1-2-11(10-12)13(21)19-6-4-18(5-7-19)8-9-20/h11-12,20H,1-10H2. The van der Waals surface area contributed by atoms with E-state index < -0.39 is 18.0 Å². The van der Waals surface area contributed by atoms with Crippen molar-refractivity contribution >= 4 is 5.91 Å². The second kappa shape index (κ2) is 6.96. The zero-order valence-electron chi connectivity index (χ0n) is 12.1. The smallest absolute Gasteiger partial charge is 0.391 e. The van der Waals surface area contributed by atoms with Gasteiger partial charge in [0.25, 0.3) is 0 Å². The van der Waals surface area contributed by atoms with Crippen LogP contribution in [0, 0.1) is 11.8 Å². The van der Waals surface area contributed by atoms with E-state index >= 15 is 0 Å². The van der Waals surface area contributed by atoms with Crippen molar-refractivity contribution in [3.63, 3.8) is 0 Å². The van der Waals surface area contributed by atoms with E-state index in [1.165, 1.54) is 0 Å². The lowest BCUT2D eigenvalue weighted by molar-refractivity contribution is -0.187. The fraction of sp³-hybridized carbons (Fsp3) is 0.929. The summed E-state index contributed by atoms with van der Waals surface area (Å²) in [5, 5.41) is 8.87. The second-order valence-electron chi connectivity index (χ2n) is 5.99. The lowest BCUT2D eigenvalue weighted by Gasteiger charge is -2.38. The molecule has 0 aromatic heterocycles. The Morgan fingerprint density at radius 3 is 2.38 bits per heavy atom. The van der Waals surface area contributed by atoms with Crippen LogP contribution in [-0.4, -0.2) is 66.3 Å². The minimum atomic E-state index is -4.18. The van der Waals surface area contributed by atoms with Crippen molar-refractivity contribution < 1.29 is 23.1 Å². The van der Waals surface area contributed by atoms with Gasteiger partial charge in [0, 0.05) is 38.6 Å². The van der Waals surface area contributed by atoms with Crippen LogP contribution in [0.25, 0.3) is 0 Å². The molecule has 7 heteroatoms. The zero-order valence-corrected chi connectivity index (χ0v) is 12.1. The Balaban J connectivity index is 1.86. The summed E-state index contributed by atoms with van der Waals surface area (Å²) in [5.41, 5.74) is 0. The van der Waals surface area contributed by atoms with Crippen LogP contribution >= 0.6 is 0 Å². The Morgan fingerprint density at radius 2 is 1.81 bits per heavy atom. The van der Waals surface area contributed by atoms with E-state index in [9.17, 15) is 18.0 Å². The van der Waals surface area contributed by atoms with Crippen LogP contribution in [0.3, 0.4) is 0 Å². The average Bonchev–Trinajstić information content (AvgIpc) is 2.47. The van der Waals surface area contributed by atoms with E-state index in [0.29, 0.717) is 45.6 Å². The molecule has 0 radical (unpaired) electrons. The van der Waals surface area contributed by atoms with Gasteiger partial charge in [0.05, 0.1) is 12.5 Å². The molecule has 2 atom stereocenters. The number of aliphatic hydroxyl groups excluding tert-OH is 1. The molecule has 1 aliphatic carbocycles. The number of β-amino-alcohol motifs (C(OH)–C–C–N with tert-alkyl or cyclic N) is 1. The van der Waals surface area contributed by atoms with Gasteiger partial charge in [0.2, 0.25) is 5.91 Å². The van der Waals surface area contributed by atoms with E-state index in [0.717, 1.165) is 0 Å². The summed E-state index contributed by atoms with van der Waals surface area (Å²) in [5.74, 6) is -1.92. The number of halogens is 3. The van der Waals surface area contributed by atoms with Crippen molar-refractivity contribution in [2.45, 2.75) is 31.9 Å². The minimum absolute atomic E-state index is 0.0564. The molecule has 0 spiro atoms. The lowest BCUT2D eigenvalue weighted by Crippen LogP contribution is -2.51. The zero-order chi connectivity index (χ0) is 15.5. The predicted molar refractivity (Wildman–Crippen MR) is 71.6 cm³/mol. The van der Waals surface area contributed by atoms with Gasteiger partial charge in [-0.25, -0.2) is 0 Å². The van der Waals surface area contributed by atoms with E-state index in [1.54, 1.807) is 4.90 Å². The van der Waals surface area contributed by atoms with E-state index in [1.807, 2.05) is 0 Å². The molecule has 2 unspecified atom stereocenters. The van der Waals surface area contributed by atoms with Crippen LogP contribution in [0.15, 0.2) is 0 Å². The predicted octanol–water partition coefficient (Wildman–Crippen LogP) is 1.49. The highest BCUT2D eigenvalue weighted by Crippen LogP contribution is 2.40. The largest absolute Gasteiger partial charge is 0.395 e. The third kappa shape index (κ3) is 4.32. The molecule has 4 nitrogen and oxygen atoms in total. The SMILES string of the molecule is O=C(C1CCCC(C(F)(F)F)C1)N1CCN(CCO)CC1. The van der Waals surface area contributed by atoms with Crippen LogP contribution < -0.4 is 0 Å². The Labute approximate surface area is 122 Å². The molecule has 1 saturated carbocycles. The number of hydrogen-bond acceptors (Lipinski definition) is 3. The number of carbonyl (C=O) groups is 1. The highest BCUT2D eigenvalue weighted by Gasteiger charge is 2.44. The number of hydrogen-bond donors (Lipinski definition) is 1. The molecule has 0 aromatic carbocycles. The van der Waals surface area contributed by atoms with Crippen LogP contribution in [0.4, 0.5) is 13.2 Å². The van der Waals surface area contributed by atoms with Crippen LogP contribution in [0.2, 0.25) is 0 Å². The topological polar surface area (TPSA) is 43.8 Å². The van der Waals surface area contributed by atoms with Gasteiger partial charge in [-0.05, 0) is 19.3 Å². The van der Waals surface area contributed by atoms with Gasteiger partial charge in [-0.2, -0.15) is 13.2 Å². The maximum Gasteiger partial charge on any atom is 0.391 e. The average molecular weight is 308 g/mol. The summed E-state index contributed by atoms with van der Waals surface area (Å²) in [4.78, 5) is 16.1. The lowest BCUT2D eigenvalue weighted by atomic mass is 9.80. The first kappa shape index (κ1) is 16.5. The van der Waals surface area contributed by atoms with Crippen molar-refractivity contribution in [3.05, 3.63) is 0 Å². The normalized spacial score (nSPS) is 28.7. The fourth-order valence-electron chi connectivity index (χ4n) is 3.30. The number of amides is 1. The molecule has 122 valence electrons. The van der Waals surface area contributed by atoms with E-state index in [2.05, 4.69) is 4.90 Å². The molecule has 0 bridgehead atoms. The summed E-state index contributed by atoms with van der Waals surface area (Å²) in [6.07, 6.45) is -3.04. The summed E-state index contributed by atoms with van der Waals surface area (Å²) in [6.45, 7) is 3.13. The Bertz CT molecular complexity index is 355. The monoisotopic (exact) mass is 308 g/mol. The number of nitrogens with zero attached hydrogens (tertiary/aromatic N) is 2. The number of aliphatic hydroxyl groups is 1. The third-order valence-corrected chi connectivity index (χ3v) is 4.59. The van der Waals surface area contributed by atoms with Crippen molar-refractivity contribution in [1.82, 2.24) is 9.80 Å². The van der Waals surface area contributed by atoms with Gasteiger partial charge < -0.3 is 10.0 Å². The van der Waals surface area contributed by atoms with Gasteiger partial charge in [-0.1, -0.05) is 6.42 Å². The summed E-state index contributed by atoms with van der Waals surface area (Å²) in [7, 11) is 0. The number of rotatable bonds is 3. The highest BCUT2D eigenvalue weighted by atomic mass is 19.4. The second-order valence-corrected chi connectivity index (χ2v) is 5.99. The third-order valence-electron chi connectivity index (χ3n) is 4.59. The molecule has 0 aromatic rings. The first-order valence-corrected chi connectivity index (χ1v) is 7.60. The summed E-state index contributed by atoms with van der Waals surface area (Å²) < 4.78 is 38.4. The van der Waals surface area contributed by atoms with Crippen molar-refractivity contribution in [2.24, 2.45) is 11.8 Å². The van der Waals surface area contributed by atoms with E-state index in [4.69, 9.17) is 5.11 Å². The molecule has 1 saturated heterocycles. The highest BCUT2D eigenvalue weighted by molar-refractivity contribution is 5.79. The summed E-state index contributed by atoms with van der Waals surface area (Å²) >= 11 is 0. The van der Waals surface area contributed by atoms with Gasteiger partial charge in [-0.3, -0.25) is 9.69 Å². The van der Waals surface area contributed by atoms with Crippen molar-refractivity contribution in [2.75, 3.05) is 39.3 Å². The van der Waals surface area contributed by atoms with Gasteiger partial charge in [0.1, 0.15) is 0 Å². The van der Waals surface area contributed by atoms with Crippen molar-refractivity contribution in [3.8, 4) is 0 Å². The van der Waals surface area contributed by atoms with Gasteiger partial charge in [0.15, 0.2) is 0 Å². The first-order chi connectivity index (χ1) is 9.91. The Kier molecular flexibility index (Phi) is 5.48. The molecule has 2 fully saturated rings. The molecule has 2 aliphatic rings. The minimum Gasteiger partial charge on any atom is -0.395 e. The molecule has 1 aliphatic heterocycles. The molecular weight excluding hydrogens is 285 g/mol. The molecule has 21 heavy (non-hydrogen) atoms. The molecule has 2 rings (SSSR count). The van der Waals surface area contributed by atoms with Crippen LogP contribution in [0.5, 0.6) is 0 Å². The van der Waals surface area contributed by atoms with Gasteiger partial charge in [-0.15, -0.1) is 0 Å². The van der Waals surface area contributed by atoms with Gasteiger partial charge >= 0.3 is 6.18 Å². The van der Waals surface area contributed by atoms with Crippen molar-refractivity contribution in [1.29, 1.82) is 0 Å². The molecule has 1 amide bonds. The molecule has 1 heterocycles. The maximum absolute atomic E-state index is 12.8. The number of piperazine rings is 1. The quantitative estimate of drug-likeness (QED) is 0.859. The first-order valence-electron chi connectivity index (χ1n) is 7.60. The molecular formula is C14H23F3N2O2. The maximum atomic E-state index is 12.8. The Morgan fingerprint density at radius 1 is 1.14 bits per heavy atom. The molecule has 1 N–H and O–H groups in total. The fourth-order valence-corrected chi connectivity index (χ4v) is 3.30. The van der Waals surface area contributed by atoms with E-state index in [-0.39, 0.29) is 25.4 Å². The number of alkyl halides is 3. The number of carbonyl (C=O) groups excluding carboxylic acids is 1. The summed E-state index contributed by atoms with van der Waals surface area (Å²) in [6, 6.07) is 0. The van der Waals surface area contributed by atoms with Crippen LogP contribution in [0.1, 0.15) is 25.7 Å². The Hall–Kier alpha value is -0.820. The van der Waals surface area contributed by atoms with Crippen LogP contribution in [-0.2, 0) is 4.79 Å².